The first-order valence-corrected chi connectivity index (χ1v) is 8.54. The third-order valence-corrected chi connectivity index (χ3v) is 6.03. The van der Waals surface area contributed by atoms with E-state index in [0.29, 0.717) is 6.61 Å². The van der Waals surface area contributed by atoms with Gasteiger partial charge in [-0.05, 0) is 38.8 Å². The van der Waals surface area contributed by atoms with Crippen molar-refractivity contribution in [3.8, 4) is 0 Å². The van der Waals surface area contributed by atoms with Gasteiger partial charge in [-0.25, -0.2) is 0 Å². The lowest BCUT2D eigenvalue weighted by atomic mass is 9.58. The molecule has 2 heterocycles. The van der Waals surface area contributed by atoms with E-state index < -0.39 is 0 Å². The van der Waals surface area contributed by atoms with Crippen molar-refractivity contribution < 1.29 is 14.6 Å². The van der Waals surface area contributed by atoms with Crippen LogP contribution in [0.5, 0.6) is 0 Å². The van der Waals surface area contributed by atoms with E-state index in [1.807, 2.05) is 30.9 Å². The van der Waals surface area contributed by atoms with E-state index in [-0.39, 0.29) is 23.5 Å². The predicted octanol–water partition coefficient (Wildman–Crippen LogP) is 2.45. The molecule has 1 amide bonds. The molecule has 116 valence electrons. The van der Waals surface area contributed by atoms with Crippen LogP contribution in [0.1, 0.15) is 40.7 Å². The fourth-order valence-electron chi connectivity index (χ4n) is 3.65. The Balaban J connectivity index is 1.63. The van der Waals surface area contributed by atoms with Gasteiger partial charge in [-0.1, -0.05) is 0 Å². The van der Waals surface area contributed by atoms with Crippen molar-refractivity contribution >= 4 is 17.2 Å². The molecule has 0 unspecified atom stereocenters. The number of thiophene rings is 1. The van der Waals surface area contributed by atoms with Gasteiger partial charge in [0, 0.05) is 36.4 Å². The largest absolute Gasteiger partial charge is 0.392 e. The summed E-state index contributed by atoms with van der Waals surface area (Å²) in [7, 11) is 0. The fourth-order valence-corrected chi connectivity index (χ4v) is 4.48. The number of ether oxygens (including phenoxy) is 1. The van der Waals surface area contributed by atoms with E-state index in [4.69, 9.17) is 4.74 Å². The van der Waals surface area contributed by atoms with E-state index >= 15 is 0 Å². The molecule has 1 saturated heterocycles. The summed E-state index contributed by atoms with van der Waals surface area (Å²) in [5.41, 5.74) is -0.113. The molecule has 2 fully saturated rings. The molecule has 3 rings (SSSR count). The number of hydrogen-bond donors (Lipinski definition) is 1. The Kier molecular flexibility index (Phi) is 4.08. The van der Waals surface area contributed by atoms with Gasteiger partial charge in [0.15, 0.2) is 0 Å². The molecule has 1 aromatic rings. The van der Waals surface area contributed by atoms with Crippen LogP contribution in [-0.4, -0.2) is 47.8 Å². The van der Waals surface area contributed by atoms with Gasteiger partial charge in [0.25, 0.3) is 5.91 Å². The Morgan fingerprint density at radius 1 is 1.48 bits per heavy atom. The summed E-state index contributed by atoms with van der Waals surface area (Å²) in [4.78, 5) is 16.4. The maximum atomic E-state index is 12.5. The van der Waals surface area contributed by atoms with Crippen LogP contribution in [-0.2, 0) is 4.74 Å². The van der Waals surface area contributed by atoms with Gasteiger partial charge in [-0.3, -0.25) is 4.79 Å². The number of piperidine rings is 1. The van der Waals surface area contributed by atoms with Crippen molar-refractivity contribution in [3.63, 3.8) is 0 Å². The summed E-state index contributed by atoms with van der Waals surface area (Å²) >= 11 is 1.55. The summed E-state index contributed by atoms with van der Waals surface area (Å²) in [5, 5.41) is 10.2. The SMILES string of the molecule is CCO[C@@H]1C[C@H](O)C12CCN(C(=O)c1ccc(C)s1)CC2. The molecule has 1 aromatic heterocycles. The lowest BCUT2D eigenvalue weighted by Gasteiger charge is -2.56. The molecule has 1 saturated carbocycles. The van der Waals surface area contributed by atoms with Crippen LogP contribution in [0.25, 0.3) is 0 Å². The monoisotopic (exact) mass is 309 g/mol. The molecule has 4 nitrogen and oxygen atoms in total. The Bertz CT molecular complexity index is 517. The lowest BCUT2D eigenvalue weighted by molar-refractivity contribution is -0.207. The summed E-state index contributed by atoms with van der Waals surface area (Å²) in [5.74, 6) is 0.129. The second kappa shape index (κ2) is 5.71. The summed E-state index contributed by atoms with van der Waals surface area (Å²) < 4.78 is 5.76. The molecule has 21 heavy (non-hydrogen) atoms. The van der Waals surface area contributed by atoms with Crippen molar-refractivity contribution in [2.45, 2.75) is 45.3 Å². The highest BCUT2D eigenvalue weighted by atomic mass is 32.1. The van der Waals surface area contributed by atoms with Crippen molar-refractivity contribution in [2.75, 3.05) is 19.7 Å². The first kappa shape index (κ1) is 15.0. The lowest BCUT2D eigenvalue weighted by Crippen LogP contribution is -2.62. The molecular weight excluding hydrogens is 286 g/mol. The van der Waals surface area contributed by atoms with Crippen molar-refractivity contribution in [3.05, 3.63) is 21.9 Å². The number of carbonyl (C=O) groups is 1. The Hall–Kier alpha value is -0.910. The minimum Gasteiger partial charge on any atom is -0.392 e. The Labute approximate surface area is 129 Å². The number of nitrogens with zero attached hydrogens (tertiary/aromatic N) is 1. The summed E-state index contributed by atoms with van der Waals surface area (Å²) in [6.45, 7) is 6.14. The van der Waals surface area contributed by atoms with Gasteiger partial charge in [0.05, 0.1) is 17.1 Å². The van der Waals surface area contributed by atoms with Crippen molar-refractivity contribution in [1.82, 2.24) is 4.90 Å². The number of likely N-dealkylation sites (tertiary alicyclic amines) is 1. The van der Waals surface area contributed by atoms with Crippen LogP contribution < -0.4 is 0 Å². The third-order valence-electron chi connectivity index (χ3n) is 5.04. The molecule has 1 aliphatic carbocycles. The van der Waals surface area contributed by atoms with E-state index in [1.54, 1.807) is 11.3 Å². The van der Waals surface area contributed by atoms with Crippen LogP contribution in [0.2, 0.25) is 0 Å². The smallest absolute Gasteiger partial charge is 0.263 e. The number of hydrogen-bond acceptors (Lipinski definition) is 4. The molecule has 1 aliphatic heterocycles. The highest BCUT2D eigenvalue weighted by Gasteiger charge is 2.56. The number of aliphatic hydroxyl groups is 1. The molecule has 0 radical (unpaired) electrons. The zero-order valence-electron chi connectivity index (χ0n) is 12.7. The Morgan fingerprint density at radius 3 is 2.71 bits per heavy atom. The fraction of sp³-hybridized carbons (Fsp3) is 0.688. The minimum absolute atomic E-state index is 0.113. The number of carbonyl (C=O) groups excluding carboxylic acids is 1. The van der Waals surface area contributed by atoms with Crippen LogP contribution in [0.3, 0.4) is 0 Å². The van der Waals surface area contributed by atoms with E-state index in [1.165, 1.54) is 0 Å². The standard InChI is InChI=1S/C16H23NO3S/c1-3-20-14-10-13(18)16(14)6-8-17(9-7-16)15(19)12-5-4-11(2)21-12/h4-5,13-14,18H,3,6-10H2,1-2H3/t13-,14+/m0/s1. The number of aliphatic hydroxyl groups excluding tert-OH is 1. The van der Waals surface area contributed by atoms with Crippen LogP contribution in [0.4, 0.5) is 0 Å². The molecule has 0 aromatic carbocycles. The van der Waals surface area contributed by atoms with Crippen molar-refractivity contribution in [1.29, 1.82) is 0 Å². The topological polar surface area (TPSA) is 49.8 Å². The Morgan fingerprint density at radius 2 is 2.19 bits per heavy atom. The van der Waals surface area contributed by atoms with Crippen LogP contribution in [0.15, 0.2) is 12.1 Å². The quantitative estimate of drug-likeness (QED) is 0.933. The molecule has 1 N–H and O–H groups in total. The maximum absolute atomic E-state index is 12.5. The zero-order valence-corrected chi connectivity index (χ0v) is 13.5. The molecule has 1 spiro atoms. The van der Waals surface area contributed by atoms with Gasteiger partial charge in [0.2, 0.25) is 0 Å². The molecular formula is C16H23NO3S. The average Bonchev–Trinajstić information content (AvgIpc) is 2.93. The van der Waals surface area contributed by atoms with Gasteiger partial charge >= 0.3 is 0 Å². The van der Waals surface area contributed by atoms with Gasteiger partial charge in [-0.15, -0.1) is 11.3 Å². The maximum Gasteiger partial charge on any atom is 0.263 e. The van der Waals surface area contributed by atoms with Crippen molar-refractivity contribution in [2.24, 2.45) is 5.41 Å². The molecule has 2 atom stereocenters. The van der Waals surface area contributed by atoms with Crippen LogP contribution in [0, 0.1) is 12.3 Å². The van der Waals surface area contributed by atoms with E-state index in [9.17, 15) is 9.90 Å². The van der Waals surface area contributed by atoms with E-state index in [0.717, 1.165) is 42.1 Å². The second-order valence-corrected chi connectivity index (χ2v) is 7.42. The highest BCUT2D eigenvalue weighted by molar-refractivity contribution is 7.13. The first-order chi connectivity index (χ1) is 10.1. The van der Waals surface area contributed by atoms with Crippen LogP contribution >= 0.6 is 11.3 Å². The molecule has 0 bridgehead atoms. The summed E-state index contributed by atoms with van der Waals surface area (Å²) in [6.07, 6.45) is 2.32. The number of rotatable bonds is 3. The first-order valence-electron chi connectivity index (χ1n) is 7.72. The van der Waals surface area contributed by atoms with Gasteiger partial charge in [-0.2, -0.15) is 0 Å². The van der Waals surface area contributed by atoms with E-state index in [2.05, 4.69) is 0 Å². The minimum atomic E-state index is -0.268. The van der Waals surface area contributed by atoms with Gasteiger partial charge in [0.1, 0.15) is 0 Å². The highest BCUT2D eigenvalue weighted by Crippen LogP contribution is 2.51. The normalized spacial score (nSPS) is 27.7. The summed E-state index contributed by atoms with van der Waals surface area (Å²) in [6, 6.07) is 3.90. The number of amides is 1. The second-order valence-electron chi connectivity index (χ2n) is 6.13. The predicted molar refractivity (Wildman–Crippen MR) is 82.7 cm³/mol. The third kappa shape index (κ3) is 2.51. The number of aryl methyl sites for hydroxylation is 1. The molecule has 2 aliphatic rings. The average molecular weight is 309 g/mol. The zero-order chi connectivity index (χ0) is 15.0. The van der Waals surface area contributed by atoms with Gasteiger partial charge < -0.3 is 14.7 Å². The molecule has 5 heteroatoms.